The quantitative estimate of drug-likeness (QED) is 0.732. The summed E-state index contributed by atoms with van der Waals surface area (Å²) in [5.74, 6) is -2.56. The summed E-state index contributed by atoms with van der Waals surface area (Å²) in [5, 5.41) is 14.4. The van der Waals surface area contributed by atoms with E-state index in [9.17, 15) is 14.7 Å². The number of carbonyl (C=O) groups is 2. The maximum absolute atomic E-state index is 12.4. The van der Waals surface area contributed by atoms with Crippen molar-refractivity contribution in [2.45, 2.75) is 26.8 Å². The van der Waals surface area contributed by atoms with E-state index in [-0.39, 0.29) is 12.3 Å². The van der Waals surface area contributed by atoms with Gasteiger partial charge in [-0.05, 0) is 43.5 Å². The zero-order valence-electron chi connectivity index (χ0n) is 14.4. The van der Waals surface area contributed by atoms with Gasteiger partial charge in [0.25, 0.3) is 0 Å². The van der Waals surface area contributed by atoms with Gasteiger partial charge in [-0.15, -0.1) is 0 Å². The molecule has 0 saturated carbocycles. The largest absolute Gasteiger partial charge is 0.481 e. The molecule has 1 aromatic heterocycles. The first-order chi connectivity index (χ1) is 11.9. The van der Waals surface area contributed by atoms with Gasteiger partial charge in [0.2, 0.25) is 5.91 Å². The number of carbonyl (C=O) groups excluding carboxylic acids is 1. The van der Waals surface area contributed by atoms with Crippen molar-refractivity contribution >= 4 is 23.5 Å². The number of hydrogen-bond donors (Lipinski definition) is 1. The number of aromatic nitrogens is 2. The van der Waals surface area contributed by atoms with Gasteiger partial charge in [0.15, 0.2) is 0 Å². The van der Waals surface area contributed by atoms with Crippen molar-refractivity contribution in [2.75, 3.05) is 13.1 Å². The monoisotopic (exact) mass is 363 g/mol. The highest BCUT2D eigenvalue weighted by molar-refractivity contribution is 6.30. The fourth-order valence-corrected chi connectivity index (χ4v) is 2.77. The molecule has 1 unspecified atom stereocenters. The lowest BCUT2D eigenvalue weighted by atomic mass is 10.00. The molecule has 0 aliphatic rings. The van der Waals surface area contributed by atoms with Gasteiger partial charge in [-0.2, -0.15) is 5.10 Å². The van der Waals surface area contributed by atoms with Crippen LogP contribution in [-0.2, 0) is 22.6 Å². The van der Waals surface area contributed by atoms with Crippen LogP contribution in [0.2, 0.25) is 5.02 Å². The van der Waals surface area contributed by atoms with Gasteiger partial charge in [-0.25, -0.2) is 0 Å². The van der Waals surface area contributed by atoms with Crippen LogP contribution in [0.15, 0.2) is 36.7 Å². The summed E-state index contributed by atoms with van der Waals surface area (Å²) in [6.45, 7) is 5.22. The molecule has 2 aromatic rings. The Bertz CT molecular complexity index is 723. The summed E-state index contributed by atoms with van der Waals surface area (Å²) >= 11 is 5.87. The Labute approximate surface area is 152 Å². The smallest absolute Gasteiger partial charge is 0.316 e. The summed E-state index contributed by atoms with van der Waals surface area (Å²) in [7, 11) is 0. The van der Waals surface area contributed by atoms with Crippen molar-refractivity contribution < 1.29 is 14.7 Å². The van der Waals surface area contributed by atoms with Crippen LogP contribution in [-0.4, -0.2) is 44.8 Å². The molecule has 0 saturated heterocycles. The van der Waals surface area contributed by atoms with Crippen molar-refractivity contribution in [3.05, 3.63) is 52.8 Å². The highest BCUT2D eigenvalue weighted by Crippen LogP contribution is 2.14. The highest BCUT2D eigenvalue weighted by atomic mass is 35.5. The van der Waals surface area contributed by atoms with E-state index in [1.165, 1.54) is 4.90 Å². The van der Waals surface area contributed by atoms with E-state index in [0.29, 0.717) is 24.7 Å². The third-order valence-electron chi connectivity index (χ3n) is 4.06. The van der Waals surface area contributed by atoms with Crippen LogP contribution in [0.25, 0.3) is 0 Å². The molecule has 0 spiro atoms. The second-order valence-corrected chi connectivity index (χ2v) is 6.21. The Morgan fingerprint density at radius 2 is 1.84 bits per heavy atom. The molecular formula is C18H22ClN3O3. The van der Waals surface area contributed by atoms with Gasteiger partial charge in [-0.1, -0.05) is 23.7 Å². The Kier molecular flexibility index (Phi) is 6.58. The summed E-state index contributed by atoms with van der Waals surface area (Å²) in [5.41, 5.74) is 1.76. The Balaban J connectivity index is 2.08. The number of hydrogen-bond acceptors (Lipinski definition) is 3. The lowest BCUT2D eigenvalue weighted by Gasteiger charge is -2.22. The van der Waals surface area contributed by atoms with Crippen molar-refractivity contribution in [3.63, 3.8) is 0 Å². The summed E-state index contributed by atoms with van der Waals surface area (Å²) in [4.78, 5) is 25.4. The molecule has 1 heterocycles. The predicted molar refractivity (Wildman–Crippen MR) is 95.5 cm³/mol. The molecule has 7 heteroatoms. The van der Waals surface area contributed by atoms with Gasteiger partial charge in [-0.3, -0.25) is 14.3 Å². The van der Waals surface area contributed by atoms with E-state index in [0.717, 1.165) is 11.1 Å². The second kappa shape index (κ2) is 8.67. The van der Waals surface area contributed by atoms with Crippen molar-refractivity contribution in [1.82, 2.24) is 14.7 Å². The van der Waals surface area contributed by atoms with Crippen LogP contribution in [0.4, 0.5) is 0 Å². The number of halogens is 1. The molecule has 0 aliphatic heterocycles. The van der Waals surface area contributed by atoms with E-state index in [4.69, 9.17) is 11.6 Å². The topological polar surface area (TPSA) is 75.4 Å². The summed E-state index contributed by atoms with van der Waals surface area (Å²) in [6.07, 6.45) is 3.52. The molecule has 2 rings (SSSR count). The van der Waals surface area contributed by atoms with Crippen molar-refractivity contribution in [1.29, 1.82) is 0 Å². The van der Waals surface area contributed by atoms with E-state index < -0.39 is 11.9 Å². The number of aliphatic carboxylic acids is 1. The molecule has 1 N–H and O–H groups in total. The lowest BCUT2D eigenvalue weighted by molar-refractivity contribution is -0.150. The maximum atomic E-state index is 12.4. The Morgan fingerprint density at radius 3 is 2.40 bits per heavy atom. The van der Waals surface area contributed by atoms with Crippen LogP contribution >= 0.6 is 11.6 Å². The van der Waals surface area contributed by atoms with Crippen LogP contribution in [0.5, 0.6) is 0 Å². The Morgan fingerprint density at radius 1 is 1.20 bits per heavy atom. The van der Waals surface area contributed by atoms with Gasteiger partial charge in [0.1, 0.15) is 5.92 Å². The number of carboxylic acids is 1. The average molecular weight is 364 g/mol. The van der Waals surface area contributed by atoms with Gasteiger partial charge < -0.3 is 10.0 Å². The number of nitrogens with zero attached hydrogens (tertiary/aromatic N) is 3. The fourth-order valence-electron chi connectivity index (χ4n) is 2.65. The molecule has 0 aliphatic carbocycles. The van der Waals surface area contributed by atoms with Crippen LogP contribution in [0, 0.1) is 5.92 Å². The minimum absolute atomic E-state index is 0.130. The zero-order chi connectivity index (χ0) is 18.4. The molecule has 0 fully saturated rings. The standard InChI is InChI=1S/C18H22ClN3O3/c1-3-21(4-2)17(23)16(18(24)25)9-14-10-20-22(12-14)11-13-5-7-15(19)8-6-13/h5-8,10,12,16H,3-4,9,11H2,1-2H3,(H,24,25). The van der Waals surface area contributed by atoms with Crippen LogP contribution in [0.3, 0.4) is 0 Å². The SMILES string of the molecule is CCN(CC)C(=O)C(Cc1cnn(Cc2ccc(Cl)cc2)c1)C(=O)O. The molecule has 134 valence electrons. The van der Waals surface area contributed by atoms with E-state index >= 15 is 0 Å². The summed E-state index contributed by atoms with van der Waals surface area (Å²) in [6, 6.07) is 7.44. The maximum Gasteiger partial charge on any atom is 0.316 e. The molecule has 0 radical (unpaired) electrons. The lowest BCUT2D eigenvalue weighted by Crippen LogP contribution is -2.40. The van der Waals surface area contributed by atoms with Gasteiger partial charge in [0, 0.05) is 24.3 Å². The molecule has 6 nitrogen and oxygen atoms in total. The first-order valence-corrected chi connectivity index (χ1v) is 8.59. The first-order valence-electron chi connectivity index (χ1n) is 8.22. The van der Waals surface area contributed by atoms with E-state index in [2.05, 4.69) is 5.10 Å². The second-order valence-electron chi connectivity index (χ2n) is 5.78. The van der Waals surface area contributed by atoms with E-state index in [1.807, 2.05) is 38.1 Å². The van der Waals surface area contributed by atoms with Gasteiger partial charge in [0.05, 0.1) is 12.7 Å². The average Bonchev–Trinajstić information content (AvgIpc) is 3.02. The summed E-state index contributed by atoms with van der Waals surface area (Å²) < 4.78 is 1.72. The van der Waals surface area contributed by atoms with Crippen LogP contribution in [0.1, 0.15) is 25.0 Å². The van der Waals surface area contributed by atoms with E-state index in [1.54, 1.807) is 17.1 Å². The number of amides is 1. The highest BCUT2D eigenvalue weighted by Gasteiger charge is 2.30. The number of carboxylic acid groups (broad SMARTS) is 1. The minimum atomic E-state index is -1.11. The first kappa shape index (κ1) is 19.0. The molecular weight excluding hydrogens is 342 g/mol. The Hall–Kier alpha value is -2.34. The van der Waals surface area contributed by atoms with Crippen molar-refractivity contribution in [3.8, 4) is 0 Å². The molecule has 1 atom stereocenters. The zero-order valence-corrected chi connectivity index (χ0v) is 15.1. The third kappa shape index (κ3) is 5.06. The molecule has 1 amide bonds. The van der Waals surface area contributed by atoms with Crippen molar-refractivity contribution in [2.24, 2.45) is 5.92 Å². The van der Waals surface area contributed by atoms with Crippen LogP contribution < -0.4 is 0 Å². The molecule has 25 heavy (non-hydrogen) atoms. The third-order valence-corrected chi connectivity index (χ3v) is 4.31. The predicted octanol–water partition coefficient (Wildman–Crippen LogP) is 2.70. The fraction of sp³-hybridized carbons (Fsp3) is 0.389. The minimum Gasteiger partial charge on any atom is -0.481 e. The number of rotatable bonds is 8. The number of benzene rings is 1. The molecule has 1 aromatic carbocycles. The molecule has 0 bridgehead atoms. The normalized spacial score (nSPS) is 12.0. The van der Waals surface area contributed by atoms with Gasteiger partial charge >= 0.3 is 5.97 Å².